The van der Waals surface area contributed by atoms with Crippen LogP contribution < -0.4 is 4.74 Å². The van der Waals surface area contributed by atoms with E-state index in [0.29, 0.717) is 0 Å². The van der Waals surface area contributed by atoms with Crippen LogP contribution in [0.25, 0.3) is 0 Å². The highest BCUT2D eigenvalue weighted by atomic mass is 35.5. The normalized spacial score (nSPS) is 10.2. The maximum Gasteiger partial charge on any atom is 0.122 e. The van der Waals surface area contributed by atoms with Gasteiger partial charge in [-0.25, -0.2) is 0 Å². The Balaban J connectivity index is 2.10. The second kappa shape index (κ2) is 5.74. The minimum Gasteiger partial charge on any atom is -0.496 e. The standard InChI is InChI=1S/C15H15ClO/c1-17-15-9-5-3-7-13(15)11-10-12-6-2-4-8-14(12)16/h2-9H,10-11H2,1H3. The summed E-state index contributed by atoms with van der Waals surface area (Å²) in [7, 11) is 1.70. The summed E-state index contributed by atoms with van der Waals surface area (Å²) in [5.74, 6) is 0.944. The zero-order valence-corrected chi connectivity index (χ0v) is 10.6. The van der Waals surface area contributed by atoms with Gasteiger partial charge in [-0.3, -0.25) is 0 Å². The van der Waals surface area contributed by atoms with Crippen LogP contribution in [-0.4, -0.2) is 7.11 Å². The van der Waals surface area contributed by atoms with Crippen LogP contribution in [0.15, 0.2) is 48.5 Å². The van der Waals surface area contributed by atoms with E-state index >= 15 is 0 Å². The summed E-state index contributed by atoms with van der Waals surface area (Å²) in [6.07, 6.45) is 1.87. The first-order valence-corrected chi connectivity index (χ1v) is 6.04. The Labute approximate surface area is 107 Å². The Bertz CT molecular complexity index is 494. The summed E-state index contributed by atoms with van der Waals surface area (Å²) < 4.78 is 5.33. The van der Waals surface area contributed by atoms with E-state index in [2.05, 4.69) is 12.1 Å². The molecule has 0 aliphatic carbocycles. The van der Waals surface area contributed by atoms with Crippen molar-refractivity contribution in [2.75, 3.05) is 7.11 Å². The van der Waals surface area contributed by atoms with Crippen LogP contribution >= 0.6 is 11.6 Å². The predicted molar refractivity (Wildman–Crippen MR) is 71.9 cm³/mol. The Kier molecular flexibility index (Phi) is 4.05. The van der Waals surface area contributed by atoms with Gasteiger partial charge in [-0.15, -0.1) is 0 Å². The fourth-order valence-electron chi connectivity index (χ4n) is 1.88. The lowest BCUT2D eigenvalue weighted by Gasteiger charge is -2.08. The van der Waals surface area contributed by atoms with E-state index in [4.69, 9.17) is 16.3 Å². The largest absolute Gasteiger partial charge is 0.496 e. The number of para-hydroxylation sites is 1. The summed E-state index contributed by atoms with van der Waals surface area (Å²) in [5, 5.41) is 0.836. The molecule has 0 fully saturated rings. The first kappa shape index (κ1) is 12.0. The summed E-state index contributed by atoms with van der Waals surface area (Å²) >= 11 is 6.13. The van der Waals surface area contributed by atoms with Gasteiger partial charge in [0.25, 0.3) is 0 Å². The fourth-order valence-corrected chi connectivity index (χ4v) is 2.11. The minimum atomic E-state index is 0.836. The molecule has 0 saturated carbocycles. The highest BCUT2D eigenvalue weighted by Gasteiger charge is 2.04. The topological polar surface area (TPSA) is 9.23 Å². The summed E-state index contributed by atoms with van der Waals surface area (Å²) in [5.41, 5.74) is 2.40. The van der Waals surface area contributed by atoms with Crippen LogP contribution in [0.2, 0.25) is 5.02 Å². The number of hydrogen-bond acceptors (Lipinski definition) is 1. The number of benzene rings is 2. The number of ether oxygens (including phenoxy) is 1. The molecule has 0 amide bonds. The first-order chi connectivity index (χ1) is 8.31. The van der Waals surface area contributed by atoms with Crippen LogP contribution in [0.1, 0.15) is 11.1 Å². The van der Waals surface area contributed by atoms with Crippen LogP contribution in [0.5, 0.6) is 5.75 Å². The lowest BCUT2D eigenvalue weighted by Crippen LogP contribution is -1.95. The quantitative estimate of drug-likeness (QED) is 0.788. The molecule has 1 nitrogen and oxygen atoms in total. The van der Waals surface area contributed by atoms with Crippen LogP contribution in [0.3, 0.4) is 0 Å². The molecule has 0 bridgehead atoms. The predicted octanol–water partition coefficient (Wildman–Crippen LogP) is 4.13. The number of rotatable bonds is 4. The maximum absolute atomic E-state index is 6.13. The van der Waals surface area contributed by atoms with Crippen molar-refractivity contribution in [3.63, 3.8) is 0 Å². The molecule has 0 heterocycles. The molecule has 0 saturated heterocycles. The molecule has 0 radical (unpaired) electrons. The number of hydrogen-bond donors (Lipinski definition) is 0. The van der Waals surface area contributed by atoms with Crippen LogP contribution in [0, 0.1) is 0 Å². The van der Waals surface area contributed by atoms with Gasteiger partial charge in [0.1, 0.15) is 5.75 Å². The second-order valence-electron chi connectivity index (χ2n) is 3.90. The third-order valence-electron chi connectivity index (χ3n) is 2.81. The molecule has 2 rings (SSSR count). The van der Waals surface area contributed by atoms with Crippen molar-refractivity contribution in [3.05, 3.63) is 64.7 Å². The molecule has 0 unspecified atom stereocenters. The van der Waals surface area contributed by atoms with Gasteiger partial charge < -0.3 is 4.74 Å². The van der Waals surface area contributed by atoms with Crippen molar-refractivity contribution in [2.24, 2.45) is 0 Å². The van der Waals surface area contributed by atoms with E-state index in [1.807, 2.05) is 36.4 Å². The molecular weight excluding hydrogens is 232 g/mol. The zero-order valence-electron chi connectivity index (χ0n) is 9.82. The summed E-state index contributed by atoms with van der Waals surface area (Å²) in [6, 6.07) is 16.1. The van der Waals surface area contributed by atoms with Gasteiger partial charge in [0.2, 0.25) is 0 Å². The molecule has 88 valence electrons. The van der Waals surface area contributed by atoms with Gasteiger partial charge in [-0.2, -0.15) is 0 Å². The molecule has 0 aliphatic rings. The zero-order chi connectivity index (χ0) is 12.1. The van der Waals surface area contributed by atoms with Crippen molar-refractivity contribution in [2.45, 2.75) is 12.8 Å². The van der Waals surface area contributed by atoms with Gasteiger partial charge >= 0.3 is 0 Å². The van der Waals surface area contributed by atoms with Gasteiger partial charge in [-0.1, -0.05) is 48.0 Å². The smallest absolute Gasteiger partial charge is 0.122 e. The monoisotopic (exact) mass is 246 g/mol. The second-order valence-corrected chi connectivity index (χ2v) is 4.31. The molecule has 0 aliphatic heterocycles. The summed E-state index contributed by atoms with van der Waals surface area (Å²) in [4.78, 5) is 0. The molecule has 0 atom stereocenters. The Hall–Kier alpha value is -1.47. The number of methoxy groups -OCH3 is 1. The van der Waals surface area contributed by atoms with Crippen molar-refractivity contribution in [1.29, 1.82) is 0 Å². The molecule has 2 heteroatoms. The van der Waals surface area contributed by atoms with Crippen LogP contribution in [-0.2, 0) is 12.8 Å². The fraction of sp³-hybridized carbons (Fsp3) is 0.200. The van der Waals surface area contributed by atoms with E-state index in [-0.39, 0.29) is 0 Å². The molecular formula is C15H15ClO. The maximum atomic E-state index is 6.13. The van der Waals surface area contributed by atoms with Gasteiger partial charge in [-0.05, 0) is 36.1 Å². The first-order valence-electron chi connectivity index (χ1n) is 5.66. The van der Waals surface area contributed by atoms with Gasteiger partial charge in [0.05, 0.1) is 7.11 Å². The third kappa shape index (κ3) is 3.01. The number of aryl methyl sites for hydroxylation is 2. The van der Waals surface area contributed by atoms with E-state index in [1.54, 1.807) is 7.11 Å². The lowest BCUT2D eigenvalue weighted by atomic mass is 10.0. The van der Waals surface area contributed by atoms with E-state index in [1.165, 1.54) is 11.1 Å². The lowest BCUT2D eigenvalue weighted by molar-refractivity contribution is 0.409. The molecule has 2 aromatic rings. The van der Waals surface area contributed by atoms with Crippen molar-refractivity contribution >= 4 is 11.6 Å². The van der Waals surface area contributed by atoms with Gasteiger partial charge in [0, 0.05) is 5.02 Å². The third-order valence-corrected chi connectivity index (χ3v) is 3.18. The highest BCUT2D eigenvalue weighted by Crippen LogP contribution is 2.22. The summed E-state index contributed by atoms with van der Waals surface area (Å²) in [6.45, 7) is 0. The van der Waals surface area contributed by atoms with Crippen molar-refractivity contribution < 1.29 is 4.74 Å². The van der Waals surface area contributed by atoms with E-state index in [9.17, 15) is 0 Å². The van der Waals surface area contributed by atoms with E-state index < -0.39 is 0 Å². The van der Waals surface area contributed by atoms with Gasteiger partial charge in [0.15, 0.2) is 0 Å². The highest BCUT2D eigenvalue weighted by molar-refractivity contribution is 6.31. The SMILES string of the molecule is COc1ccccc1CCc1ccccc1Cl. The Morgan fingerprint density at radius 2 is 1.47 bits per heavy atom. The van der Waals surface area contributed by atoms with E-state index in [0.717, 1.165) is 23.6 Å². The minimum absolute atomic E-state index is 0.836. The molecule has 0 aromatic heterocycles. The Morgan fingerprint density at radius 3 is 2.18 bits per heavy atom. The molecule has 0 spiro atoms. The van der Waals surface area contributed by atoms with Crippen LogP contribution in [0.4, 0.5) is 0 Å². The average Bonchev–Trinajstić information content (AvgIpc) is 2.38. The molecule has 0 N–H and O–H groups in total. The molecule has 2 aromatic carbocycles. The van der Waals surface area contributed by atoms with Crippen molar-refractivity contribution in [3.8, 4) is 5.75 Å². The Morgan fingerprint density at radius 1 is 0.882 bits per heavy atom. The average molecular weight is 247 g/mol. The number of halogens is 1. The van der Waals surface area contributed by atoms with Crippen molar-refractivity contribution in [1.82, 2.24) is 0 Å². The molecule has 17 heavy (non-hydrogen) atoms.